The first kappa shape index (κ1) is 36.6. The summed E-state index contributed by atoms with van der Waals surface area (Å²) in [4.78, 5) is 82.9. The third-order valence-corrected chi connectivity index (χ3v) is 8.28. The number of para-hydroxylation sites is 1. The zero-order chi connectivity index (χ0) is 38.2. The second-order valence-corrected chi connectivity index (χ2v) is 12.4. The van der Waals surface area contributed by atoms with E-state index in [0.29, 0.717) is 11.3 Å². The van der Waals surface area contributed by atoms with Crippen LogP contribution in [0, 0.1) is 0 Å². The van der Waals surface area contributed by atoms with Crippen LogP contribution in [0.3, 0.4) is 0 Å². The van der Waals surface area contributed by atoms with Crippen LogP contribution in [0.5, 0.6) is 0 Å². The summed E-state index contributed by atoms with van der Waals surface area (Å²) in [6, 6.07) is 29.2. The first-order valence-electron chi connectivity index (χ1n) is 16.3. The van der Waals surface area contributed by atoms with Gasteiger partial charge in [0.25, 0.3) is 17.7 Å². The second-order valence-electron chi connectivity index (χ2n) is 11.6. The van der Waals surface area contributed by atoms with Crippen LogP contribution in [0.15, 0.2) is 119 Å². The predicted molar refractivity (Wildman–Crippen MR) is 207 cm³/mol. The van der Waals surface area contributed by atoms with Crippen LogP contribution in [-0.2, 0) is 14.4 Å². The van der Waals surface area contributed by atoms with Crippen molar-refractivity contribution >= 4 is 82.4 Å². The molecule has 1 aromatic heterocycles. The number of anilines is 5. The molecule has 0 atom stereocenters. The smallest absolute Gasteiger partial charge is 0.297 e. The Kier molecular flexibility index (Phi) is 11.1. The van der Waals surface area contributed by atoms with Crippen LogP contribution < -0.4 is 26.7 Å². The average Bonchev–Trinajstić information content (AvgIpc) is 3.45. The molecule has 16 heteroatoms. The van der Waals surface area contributed by atoms with Crippen molar-refractivity contribution in [1.29, 1.82) is 0 Å². The molecule has 0 unspecified atom stereocenters. The van der Waals surface area contributed by atoms with Crippen LogP contribution in [0.1, 0.15) is 45.7 Å². The number of benzene rings is 4. The Labute approximate surface area is 313 Å². The van der Waals surface area contributed by atoms with Crippen LogP contribution in [0.4, 0.5) is 29.2 Å². The zero-order valence-electron chi connectivity index (χ0n) is 29.1. The van der Waals surface area contributed by atoms with E-state index in [9.17, 15) is 24.0 Å². The van der Waals surface area contributed by atoms with Gasteiger partial charge in [-0.2, -0.15) is 20.0 Å². The first-order valence-corrected chi connectivity index (χ1v) is 17.5. The lowest BCUT2D eigenvalue weighted by molar-refractivity contribution is -0.121. The number of nitrogens with zero attached hydrogens (tertiary/aromatic N) is 5. The molecule has 2 heterocycles. The minimum atomic E-state index is -0.682. The molecule has 15 nitrogen and oxygen atoms in total. The number of hydrazine groups is 1. The molecule has 5 N–H and O–H groups in total. The van der Waals surface area contributed by atoms with E-state index in [-0.39, 0.29) is 58.0 Å². The third-order valence-electron chi connectivity index (χ3n) is 7.54. The van der Waals surface area contributed by atoms with E-state index >= 15 is 0 Å². The number of nitrogens with one attached hydrogen (secondary N) is 5. The van der Waals surface area contributed by atoms with Gasteiger partial charge in [0, 0.05) is 35.6 Å². The molecule has 0 bridgehead atoms. The highest BCUT2D eigenvalue weighted by Crippen LogP contribution is 2.25. The number of carbonyl (C=O) groups excluding carboxylic acids is 5. The summed E-state index contributed by atoms with van der Waals surface area (Å²) in [5, 5.41) is 11.6. The van der Waals surface area contributed by atoms with Gasteiger partial charge in [0.2, 0.25) is 29.7 Å². The van der Waals surface area contributed by atoms with Crippen LogP contribution in [0.25, 0.3) is 6.08 Å². The van der Waals surface area contributed by atoms with Crippen molar-refractivity contribution in [3.05, 3.63) is 131 Å². The lowest BCUT2D eigenvalue weighted by Gasteiger charge is -2.20. The van der Waals surface area contributed by atoms with Gasteiger partial charge in [-0.15, -0.1) is 11.8 Å². The highest BCUT2D eigenvalue weighted by molar-refractivity contribution is 7.98. The number of carbonyl (C=O) groups is 5. The normalized spacial score (nSPS) is 12.9. The van der Waals surface area contributed by atoms with E-state index in [4.69, 9.17) is 0 Å². The monoisotopic (exact) mass is 740 g/mol. The largest absolute Gasteiger partial charge is 0.326 e. The molecule has 5 amide bonds. The van der Waals surface area contributed by atoms with E-state index in [1.165, 1.54) is 32.0 Å². The number of amidine groups is 1. The number of amides is 5. The van der Waals surface area contributed by atoms with Crippen molar-refractivity contribution in [2.24, 2.45) is 4.99 Å². The van der Waals surface area contributed by atoms with Crippen molar-refractivity contribution in [1.82, 2.24) is 20.0 Å². The Morgan fingerprint density at radius 2 is 1.33 bits per heavy atom. The molecule has 270 valence electrons. The third kappa shape index (κ3) is 8.99. The molecular formula is C38H32N10O5S. The highest BCUT2D eigenvalue weighted by Gasteiger charge is 2.32. The van der Waals surface area contributed by atoms with Gasteiger partial charge < -0.3 is 10.6 Å². The lowest BCUT2D eigenvalue weighted by Crippen LogP contribution is -2.38. The van der Waals surface area contributed by atoms with Crippen molar-refractivity contribution in [2.75, 3.05) is 32.9 Å². The fourth-order valence-electron chi connectivity index (χ4n) is 5.16. The molecule has 0 spiro atoms. The number of rotatable bonds is 11. The fourth-order valence-corrected chi connectivity index (χ4v) is 5.57. The molecule has 0 saturated carbocycles. The Bertz CT molecular complexity index is 2330. The summed E-state index contributed by atoms with van der Waals surface area (Å²) in [6.45, 7) is 2.66. The van der Waals surface area contributed by atoms with Gasteiger partial charge in [-0.1, -0.05) is 60.7 Å². The minimum Gasteiger partial charge on any atom is -0.326 e. The van der Waals surface area contributed by atoms with E-state index in [1.54, 1.807) is 72.4 Å². The summed E-state index contributed by atoms with van der Waals surface area (Å²) in [6.07, 6.45) is 3.63. The molecular weight excluding hydrogens is 709 g/mol. The molecule has 54 heavy (non-hydrogen) atoms. The number of hydrogen-bond donors (Lipinski definition) is 5. The number of aliphatic imine (C=N–C) groups is 1. The zero-order valence-corrected chi connectivity index (χ0v) is 29.9. The van der Waals surface area contributed by atoms with Crippen molar-refractivity contribution in [2.45, 2.75) is 18.7 Å². The predicted octanol–water partition coefficient (Wildman–Crippen LogP) is 5.67. The maximum atomic E-state index is 14.0. The Morgan fingerprint density at radius 1 is 0.685 bits per heavy atom. The quantitative estimate of drug-likeness (QED) is 0.0830. The Balaban J connectivity index is 1.36. The van der Waals surface area contributed by atoms with Crippen LogP contribution >= 0.6 is 11.8 Å². The molecule has 1 aliphatic rings. The average molecular weight is 741 g/mol. The molecule has 1 aliphatic heterocycles. The van der Waals surface area contributed by atoms with Crippen molar-refractivity contribution in [3.8, 4) is 0 Å². The summed E-state index contributed by atoms with van der Waals surface area (Å²) in [7, 11) is 0. The van der Waals surface area contributed by atoms with E-state index in [2.05, 4.69) is 46.6 Å². The van der Waals surface area contributed by atoms with Gasteiger partial charge >= 0.3 is 0 Å². The standard InChI is InChI=1S/C38H32N10O5S/c1-22(49)39-27-13-9-12-26(21-27)33(51)42-36-44-37(43-34(52)29-14-7-8-15-30(29)40-23(2)50)46-38(45-36)47-48-32(25-10-5-4-6-11-25)41-31(35(48)53)20-24-16-18-28(54-3)19-17-24/h4-21H,1-3H3,(H,39,49)(H,40,50)(H3,42,43,44,45,46,47,51,52)/b31-20+. The lowest BCUT2D eigenvalue weighted by atomic mass is 10.1. The summed E-state index contributed by atoms with van der Waals surface area (Å²) >= 11 is 1.60. The van der Waals surface area contributed by atoms with Crippen LogP contribution in [0.2, 0.25) is 0 Å². The number of hydrogen-bond acceptors (Lipinski definition) is 11. The van der Waals surface area contributed by atoms with Gasteiger partial charge in [-0.05, 0) is 60.4 Å². The van der Waals surface area contributed by atoms with E-state index in [1.807, 2.05) is 36.6 Å². The molecule has 4 aromatic carbocycles. The molecule has 0 fully saturated rings. The maximum absolute atomic E-state index is 14.0. The summed E-state index contributed by atoms with van der Waals surface area (Å²) < 4.78 is 0. The van der Waals surface area contributed by atoms with Crippen molar-refractivity contribution in [3.63, 3.8) is 0 Å². The Morgan fingerprint density at radius 3 is 2.02 bits per heavy atom. The fraction of sp³-hybridized carbons (Fsp3) is 0.0789. The topological polar surface area (TPSA) is 200 Å². The van der Waals surface area contributed by atoms with Gasteiger partial charge in [0.15, 0.2) is 5.84 Å². The highest BCUT2D eigenvalue weighted by atomic mass is 32.2. The molecule has 0 radical (unpaired) electrons. The summed E-state index contributed by atoms with van der Waals surface area (Å²) in [5.74, 6) is -3.14. The summed E-state index contributed by atoms with van der Waals surface area (Å²) in [5.41, 5.74) is 5.29. The molecule has 0 aliphatic carbocycles. The number of aromatic nitrogens is 3. The van der Waals surface area contributed by atoms with Gasteiger partial charge in [-0.25, -0.2) is 4.99 Å². The SMILES string of the molecule is CSc1ccc(/C=C2/N=C(c3ccccc3)N(Nc3nc(NC(=O)c4cccc(NC(C)=O)c4)nc(NC(=O)c4ccccc4NC(C)=O)n3)C2=O)cc1. The van der Waals surface area contributed by atoms with Gasteiger partial charge in [0.05, 0.1) is 11.3 Å². The second kappa shape index (κ2) is 16.4. The van der Waals surface area contributed by atoms with Crippen LogP contribution in [-0.4, -0.2) is 61.6 Å². The van der Waals surface area contributed by atoms with E-state index in [0.717, 1.165) is 15.5 Å². The number of thioether (sulfide) groups is 1. The van der Waals surface area contributed by atoms with Crippen molar-refractivity contribution < 1.29 is 24.0 Å². The maximum Gasteiger partial charge on any atom is 0.297 e. The molecule has 0 saturated heterocycles. The molecule has 5 aromatic rings. The molecule has 6 rings (SSSR count). The first-order chi connectivity index (χ1) is 26.1. The van der Waals surface area contributed by atoms with Gasteiger partial charge in [-0.3, -0.25) is 40.0 Å². The Hall–Kier alpha value is -7.20. The van der Waals surface area contributed by atoms with E-state index < -0.39 is 17.7 Å². The minimum absolute atomic E-state index is 0.108. The van der Waals surface area contributed by atoms with Gasteiger partial charge in [0.1, 0.15) is 5.70 Å².